The first-order valence-corrected chi connectivity index (χ1v) is 8.07. The molecular weight excluding hydrogens is 332 g/mol. The molecule has 3 aromatic rings. The minimum absolute atomic E-state index is 0.0525. The maximum atomic E-state index is 12.6. The van der Waals surface area contributed by atoms with Gasteiger partial charge in [-0.05, 0) is 19.1 Å². The highest BCUT2D eigenvalue weighted by Crippen LogP contribution is 2.21. The molecule has 7 heteroatoms. The summed E-state index contributed by atoms with van der Waals surface area (Å²) < 4.78 is 1.59. The number of nitrogens with zero attached hydrogens (tertiary/aromatic N) is 4. The average molecular weight is 350 g/mol. The molecule has 0 saturated carbocycles. The Morgan fingerprint density at radius 1 is 1.04 bits per heavy atom. The number of carboxylic acids is 1. The van der Waals surface area contributed by atoms with Crippen molar-refractivity contribution in [2.45, 2.75) is 13.0 Å². The first kappa shape index (κ1) is 17.3. The van der Waals surface area contributed by atoms with E-state index < -0.39 is 17.9 Å². The largest absolute Gasteiger partial charge is 0.480 e. The lowest BCUT2D eigenvalue weighted by molar-refractivity contribution is -0.141. The van der Waals surface area contributed by atoms with E-state index in [-0.39, 0.29) is 5.82 Å². The fraction of sp³-hybridized carbons (Fsp3) is 0.158. The number of carbonyl (C=O) groups excluding carboxylic acids is 1. The number of para-hydroxylation sites is 1. The van der Waals surface area contributed by atoms with E-state index in [1.807, 2.05) is 60.7 Å². The van der Waals surface area contributed by atoms with Crippen LogP contribution in [0.1, 0.15) is 17.5 Å². The zero-order valence-electron chi connectivity index (χ0n) is 14.4. The van der Waals surface area contributed by atoms with E-state index >= 15 is 0 Å². The molecule has 0 saturated heterocycles. The van der Waals surface area contributed by atoms with Gasteiger partial charge in [-0.1, -0.05) is 48.5 Å². The molecular formula is C19H18N4O3. The highest BCUT2D eigenvalue weighted by molar-refractivity contribution is 5.93. The van der Waals surface area contributed by atoms with Gasteiger partial charge in [0.05, 0.1) is 5.69 Å². The molecule has 1 heterocycles. The van der Waals surface area contributed by atoms with Crippen molar-refractivity contribution in [3.63, 3.8) is 0 Å². The second-order valence-corrected chi connectivity index (χ2v) is 5.80. The van der Waals surface area contributed by atoms with Gasteiger partial charge in [-0.15, -0.1) is 5.10 Å². The monoisotopic (exact) mass is 350 g/mol. The Balaban J connectivity index is 2.08. The number of benzene rings is 2. The van der Waals surface area contributed by atoms with E-state index in [1.165, 1.54) is 14.0 Å². The first-order valence-electron chi connectivity index (χ1n) is 8.07. The number of carboxylic acid groups (broad SMARTS) is 1. The number of hydrogen-bond acceptors (Lipinski definition) is 4. The fourth-order valence-electron chi connectivity index (χ4n) is 2.43. The lowest BCUT2D eigenvalue weighted by Gasteiger charge is -2.19. The molecule has 0 fully saturated rings. The van der Waals surface area contributed by atoms with Gasteiger partial charge in [0.1, 0.15) is 6.04 Å². The molecule has 3 rings (SSSR count). The van der Waals surface area contributed by atoms with Crippen molar-refractivity contribution < 1.29 is 14.7 Å². The van der Waals surface area contributed by atoms with Crippen molar-refractivity contribution >= 4 is 11.9 Å². The van der Waals surface area contributed by atoms with Crippen molar-refractivity contribution in [1.29, 1.82) is 0 Å². The van der Waals surface area contributed by atoms with Crippen LogP contribution in [-0.4, -0.2) is 49.7 Å². The Labute approximate surface area is 150 Å². The number of aliphatic carboxylic acids is 1. The first-order chi connectivity index (χ1) is 12.5. The molecule has 1 aromatic heterocycles. The van der Waals surface area contributed by atoms with Gasteiger partial charge in [-0.3, -0.25) is 4.79 Å². The number of carbonyl (C=O) groups is 2. The van der Waals surface area contributed by atoms with E-state index in [0.29, 0.717) is 5.82 Å². The summed E-state index contributed by atoms with van der Waals surface area (Å²) >= 11 is 0. The minimum Gasteiger partial charge on any atom is -0.480 e. The van der Waals surface area contributed by atoms with E-state index in [2.05, 4.69) is 10.1 Å². The van der Waals surface area contributed by atoms with Gasteiger partial charge in [0, 0.05) is 12.6 Å². The Morgan fingerprint density at radius 2 is 1.62 bits per heavy atom. The van der Waals surface area contributed by atoms with Gasteiger partial charge in [-0.2, -0.15) is 0 Å². The predicted octanol–water partition coefficient (Wildman–Crippen LogP) is 2.48. The van der Waals surface area contributed by atoms with Crippen LogP contribution in [0.2, 0.25) is 0 Å². The van der Waals surface area contributed by atoms with Gasteiger partial charge < -0.3 is 10.0 Å². The molecule has 7 nitrogen and oxygen atoms in total. The number of rotatable bonds is 5. The summed E-state index contributed by atoms with van der Waals surface area (Å²) in [6, 6.07) is 17.8. The molecule has 132 valence electrons. The number of likely N-dealkylation sites (N-methyl/N-ethyl adjacent to an activating group) is 1. The molecule has 1 unspecified atom stereocenters. The Bertz CT molecular complexity index is 865. The van der Waals surface area contributed by atoms with Crippen molar-refractivity contribution in [2.75, 3.05) is 7.05 Å². The third kappa shape index (κ3) is 3.32. The SMILES string of the molecule is CC(C(=O)O)N(C)C(=O)c1nc(-c2ccccc2)n(-c2ccccc2)n1. The summed E-state index contributed by atoms with van der Waals surface area (Å²) in [6.07, 6.45) is 0. The zero-order chi connectivity index (χ0) is 18.7. The minimum atomic E-state index is -1.09. The van der Waals surface area contributed by atoms with Crippen molar-refractivity contribution in [3.8, 4) is 17.1 Å². The van der Waals surface area contributed by atoms with Crippen LogP contribution < -0.4 is 0 Å². The molecule has 2 aromatic carbocycles. The maximum Gasteiger partial charge on any atom is 0.326 e. The summed E-state index contributed by atoms with van der Waals surface area (Å²) in [5.74, 6) is -1.18. The highest BCUT2D eigenvalue weighted by Gasteiger charge is 2.27. The van der Waals surface area contributed by atoms with Crippen LogP contribution in [0.5, 0.6) is 0 Å². The topological polar surface area (TPSA) is 88.3 Å². The van der Waals surface area contributed by atoms with Crippen LogP contribution in [0.25, 0.3) is 17.1 Å². The number of amides is 1. The molecule has 1 N–H and O–H groups in total. The van der Waals surface area contributed by atoms with E-state index in [0.717, 1.165) is 16.2 Å². The maximum absolute atomic E-state index is 12.6. The third-order valence-electron chi connectivity index (χ3n) is 4.09. The Kier molecular flexibility index (Phi) is 4.79. The zero-order valence-corrected chi connectivity index (χ0v) is 14.4. The molecule has 0 radical (unpaired) electrons. The van der Waals surface area contributed by atoms with Gasteiger partial charge in [0.15, 0.2) is 5.82 Å². The standard InChI is InChI=1S/C19H18N4O3/c1-13(19(25)26)22(2)18(24)16-20-17(14-9-5-3-6-10-14)23(21-16)15-11-7-4-8-12-15/h3-13H,1-2H3,(H,25,26). The van der Waals surface area contributed by atoms with Crippen LogP contribution in [0, 0.1) is 0 Å². The lowest BCUT2D eigenvalue weighted by Crippen LogP contribution is -2.40. The summed E-state index contributed by atoms with van der Waals surface area (Å²) in [4.78, 5) is 29.3. The predicted molar refractivity (Wildman–Crippen MR) is 96.0 cm³/mol. The van der Waals surface area contributed by atoms with E-state index in [1.54, 1.807) is 4.68 Å². The quantitative estimate of drug-likeness (QED) is 0.764. The molecule has 0 spiro atoms. The molecule has 1 atom stereocenters. The number of aromatic nitrogens is 3. The Hall–Kier alpha value is -3.48. The molecule has 0 aliphatic rings. The molecule has 1 amide bonds. The van der Waals surface area contributed by atoms with Crippen LogP contribution in [-0.2, 0) is 4.79 Å². The van der Waals surface area contributed by atoms with Crippen LogP contribution in [0.4, 0.5) is 0 Å². The van der Waals surface area contributed by atoms with Crippen molar-refractivity contribution in [2.24, 2.45) is 0 Å². The van der Waals surface area contributed by atoms with Crippen LogP contribution in [0.3, 0.4) is 0 Å². The van der Waals surface area contributed by atoms with Gasteiger partial charge in [-0.25, -0.2) is 14.5 Å². The third-order valence-corrected chi connectivity index (χ3v) is 4.09. The number of hydrogen-bond donors (Lipinski definition) is 1. The fourth-order valence-corrected chi connectivity index (χ4v) is 2.43. The second-order valence-electron chi connectivity index (χ2n) is 5.80. The van der Waals surface area contributed by atoms with Gasteiger partial charge in [0.25, 0.3) is 5.91 Å². The molecule has 0 aliphatic carbocycles. The summed E-state index contributed by atoms with van der Waals surface area (Å²) in [5.41, 5.74) is 1.56. The van der Waals surface area contributed by atoms with Gasteiger partial charge >= 0.3 is 5.97 Å². The Morgan fingerprint density at radius 3 is 2.19 bits per heavy atom. The summed E-state index contributed by atoms with van der Waals surface area (Å²) in [6.45, 7) is 1.44. The second kappa shape index (κ2) is 7.18. The van der Waals surface area contributed by atoms with Crippen LogP contribution >= 0.6 is 0 Å². The molecule has 0 aliphatic heterocycles. The van der Waals surface area contributed by atoms with Crippen molar-refractivity contribution in [3.05, 3.63) is 66.5 Å². The van der Waals surface area contributed by atoms with Crippen LogP contribution in [0.15, 0.2) is 60.7 Å². The van der Waals surface area contributed by atoms with E-state index in [4.69, 9.17) is 5.11 Å². The summed E-state index contributed by atoms with van der Waals surface area (Å²) in [7, 11) is 1.42. The van der Waals surface area contributed by atoms with E-state index in [9.17, 15) is 9.59 Å². The smallest absolute Gasteiger partial charge is 0.326 e. The highest BCUT2D eigenvalue weighted by atomic mass is 16.4. The lowest BCUT2D eigenvalue weighted by atomic mass is 10.2. The molecule has 26 heavy (non-hydrogen) atoms. The normalized spacial score (nSPS) is 11.8. The summed E-state index contributed by atoms with van der Waals surface area (Å²) in [5, 5.41) is 13.5. The van der Waals surface area contributed by atoms with Gasteiger partial charge in [0.2, 0.25) is 5.82 Å². The average Bonchev–Trinajstić information content (AvgIpc) is 3.13. The molecule has 0 bridgehead atoms. The van der Waals surface area contributed by atoms with Crippen molar-refractivity contribution in [1.82, 2.24) is 19.7 Å².